The molecule has 2 saturated heterocycles. The number of carbonyl (C=O) groups is 1. The summed E-state index contributed by atoms with van der Waals surface area (Å²) in [6.07, 6.45) is -1.79. The highest BCUT2D eigenvalue weighted by Crippen LogP contribution is 2.42. The molecule has 0 radical (unpaired) electrons. The Morgan fingerprint density at radius 1 is 1.22 bits per heavy atom. The van der Waals surface area contributed by atoms with E-state index in [9.17, 15) is 23.1 Å². The van der Waals surface area contributed by atoms with E-state index >= 15 is 0 Å². The van der Waals surface area contributed by atoms with Gasteiger partial charge in [0, 0.05) is 24.7 Å². The Balaban J connectivity index is 1.55. The first-order chi connectivity index (χ1) is 15.1. The van der Waals surface area contributed by atoms with E-state index in [1.165, 1.54) is 13.8 Å². The molecule has 1 aromatic heterocycles. The van der Waals surface area contributed by atoms with Crippen LogP contribution in [0.3, 0.4) is 0 Å². The molecule has 2 fully saturated rings. The number of pyridine rings is 1. The molecule has 6 nitrogen and oxygen atoms in total. The fourth-order valence-corrected chi connectivity index (χ4v) is 4.49. The van der Waals surface area contributed by atoms with Crippen molar-refractivity contribution in [1.82, 2.24) is 14.8 Å². The van der Waals surface area contributed by atoms with Crippen molar-refractivity contribution in [2.75, 3.05) is 20.3 Å². The van der Waals surface area contributed by atoms with Crippen LogP contribution in [0, 0.1) is 0 Å². The van der Waals surface area contributed by atoms with Gasteiger partial charge in [-0.2, -0.15) is 8.78 Å². The monoisotopic (exact) mass is 449 g/mol. The first-order valence-corrected chi connectivity index (χ1v) is 10.4. The van der Waals surface area contributed by atoms with Crippen molar-refractivity contribution in [1.29, 1.82) is 0 Å². The van der Waals surface area contributed by atoms with Crippen LogP contribution in [0.25, 0.3) is 11.1 Å². The molecule has 32 heavy (non-hydrogen) atoms. The molecule has 3 atom stereocenters. The van der Waals surface area contributed by atoms with Crippen molar-refractivity contribution in [2.24, 2.45) is 0 Å². The lowest BCUT2D eigenvalue weighted by molar-refractivity contribution is -0.179. The van der Waals surface area contributed by atoms with Crippen LogP contribution in [0.2, 0.25) is 0 Å². The molecule has 1 aromatic carbocycles. The molecule has 1 N–H and O–H groups in total. The molecule has 0 bridgehead atoms. The van der Waals surface area contributed by atoms with Crippen LogP contribution < -0.4 is 0 Å². The number of aliphatic hydroxyl groups is 1. The molecule has 2 aliphatic rings. The lowest BCUT2D eigenvalue weighted by Gasteiger charge is -2.45. The van der Waals surface area contributed by atoms with Crippen molar-refractivity contribution in [3.63, 3.8) is 0 Å². The van der Waals surface area contributed by atoms with Gasteiger partial charge in [-0.3, -0.25) is 14.7 Å². The van der Waals surface area contributed by atoms with E-state index in [0.717, 1.165) is 22.6 Å². The minimum atomic E-state index is -3.23. The summed E-state index contributed by atoms with van der Waals surface area (Å²) >= 11 is 0. The minimum absolute atomic E-state index is 0.586. The molecule has 3 heterocycles. The molecule has 2 aliphatic heterocycles. The van der Waals surface area contributed by atoms with Crippen molar-refractivity contribution in [2.45, 2.75) is 50.3 Å². The third-order valence-electron chi connectivity index (χ3n) is 6.43. The molecule has 0 spiro atoms. The highest BCUT2D eigenvalue weighted by molar-refractivity contribution is 5.80. The third kappa shape index (κ3) is 3.68. The average molecular weight is 449 g/mol. The molecule has 172 valence electrons. The van der Waals surface area contributed by atoms with E-state index in [1.807, 2.05) is 18.0 Å². The van der Waals surface area contributed by atoms with E-state index in [1.54, 1.807) is 36.5 Å². The summed E-state index contributed by atoms with van der Waals surface area (Å²) in [7, 11) is 1.84. The molecular formula is C23H26F3N3O3. The zero-order chi connectivity index (χ0) is 23.3. The molecule has 0 saturated carbocycles. The van der Waals surface area contributed by atoms with E-state index in [0.29, 0.717) is 17.7 Å². The number of benzene rings is 1. The number of likely N-dealkylation sites (tertiary alicyclic amines) is 1. The van der Waals surface area contributed by atoms with Gasteiger partial charge in [-0.15, -0.1) is 0 Å². The number of halogens is 3. The van der Waals surface area contributed by atoms with Gasteiger partial charge >= 0.3 is 6.43 Å². The van der Waals surface area contributed by atoms with Gasteiger partial charge in [-0.1, -0.05) is 30.3 Å². The van der Waals surface area contributed by atoms with Gasteiger partial charge in [0.1, 0.15) is 18.5 Å². The van der Waals surface area contributed by atoms with Crippen LogP contribution >= 0.6 is 0 Å². The first kappa shape index (κ1) is 22.7. The van der Waals surface area contributed by atoms with Crippen LogP contribution in [-0.4, -0.2) is 64.3 Å². The number of aromatic nitrogens is 1. The van der Waals surface area contributed by atoms with Crippen LogP contribution in [-0.2, 0) is 15.3 Å². The number of hydrogen-bond donors (Lipinski definition) is 1. The van der Waals surface area contributed by atoms with Crippen molar-refractivity contribution in [3.05, 3.63) is 53.9 Å². The Kier molecular flexibility index (Phi) is 5.77. The maximum Gasteiger partial charge on any atom is 0.315 e. The average Bonchev–Trinajstić information content (AvgIpc) is 3.07. The highest BCUT2D eigenvalue weighted by atomic mass is 19.3. The number of carbonyl (C=O) groups excluding carboxylic acids is 1. The van der Waals surface area contributed by atoms with Gasteiger partial charge in [0.15, 0.2) is 5.72 Å². The Hall–Kier alpha value is -2.49. The van der Waals surface area contributed by atoms with Gasteiger partial charge in [0.05, 0.1) is 11.7 Å². The van der Waals surface area contributed by atoms with Gasteiger partial charge < -0.3 is 14.7 Å². The van der Waals surface area contributed by atoms with Crippen LogP contribution in [0.5, 0.6) is 0 Å². The second-order valence-electron chi connectivity index (χ2n) is 8.76. The van der Waals surface area contributed by atoms with Crippen LogP contribution in [0.4, 0.5) is 13.2 Å². The second kappa shape index (κ2) is 8.13. The molecule has 0 aliphatic carbocycles. The first-order valence-electron chi connectivity index (χ1n) is 10.4. The quantitative estimate of drug-likeness (QED) is 0.757. The van der Waals surface area contributed by atoms with Crippen molar-refractivity contribution in [3.8, 4) is 11.1 Å². The normalized spacial score (nSPS) is 27.6. The van der Waals surface area contributed by atoms with Crippen LogP contribution in [0.15, 0.2) is 42.6 Å². The summed E-state index contributed by atoms with van der Waals surface area (Å²) in [6, 6.07) is 9.59. The Morgan fingerprint density at radius 3 is 2.34 bits per heavy atom. The number of nitrogens with zero attached hydrogens (tertiary/aromatic N) is 3. The van der Waals surface area contributed by atoms with E-state index in [-0.39, 0.29) is 0 Å². The van der Waals surface area contributed by atoms with E-state index < -0.39 is 42.6 Å². The minimum Gasteiger partial charge on any atom is -0.370 e. The topological polar surface area (TPSA) is 65.9 Å². The predicted octanol–water partition coefficient (Wildman–Crippen LogP) is 3.47. The lowest BCUT2D eigenvalue weighted by atomic mass is 9.94. The maximum absolute atomic E-state index is 13.8. The molecule has 2 aromatic rings. The Bertz CT molecular complexity index is 984. The van der Waals surface area contributed by atoms with Gasteiger partial charge in [0.25, 0.3) is 5.91 Å². The second-order valence-corrected chi connectivity index (χ2v) is 8.76. The summed E-state index contributed by atoms with van der Waals surface area (Å²) in [6.45, 7) is 2.76. The maximum atomic E-state index is 13.8. The summed E-state index contributed by atoms with van der Waals surface area (Å²) in [4.78, 5) is 19.0. The van der Waals surface area contributed by atoms with Crippen molar-refractivity contribution < 1.29 is 27.8 Å². The van der Waals surface area contributed by atoms with Crippen LogP contribution in [0.1, 0.15) is 37.6 Å². The molecular weight excluding hydrogens is 423 g/mol. The molecule has 4 rings (SSSR count). The van der Waals surface area contributed by atoms with E-state index in [2.05, 4.69) is 4.98 Å². The molecule has 9 heteroatoms. The fraction of sp³-hybridized carbons (Fsp3) is 0.478. The highest BCUT2D eigenvalue weighted by Gasteiger charge is 2.52. The zero-order valence-electron chi connectivity index (χ0n) is 18.1. The van der Waals surface area contributed by atoms with Crippen molar-refractivity contribution >= 4 is 5.91 Å². The standard InChI is InChI=1S/C23H26F3N3O3/c1-22(2)29(21(30)20(25)26)17(12-24)19(32-22)15-6-4-14(5-7-15)16-8-9-18(27-13-16)23(31)10-11-28(23)3/h4-9,13,17,19-20,31H,10-12H2,1-3H3. The lowest BCUT2D eigenvalue weighted by Crippen LogP contribution is -2.55. The molecule has 1 amide bonds. The summed E-state index contributed by atoms with van der Waals surface area (Å²) in [5.74, 6) is -1.44. The van der Waals surface area contributed by atoms with Gasteiger partial charge in [-0.05, 0) is 38.1 Å². The predicted molar refractivity (Wildman–Crippen MR) is 111 cm³/mol. The summed E-state index contributed by atoms with van der Waals surface area (Å²) < 4.78 is 45.8. The number of hydrogen-bond acceptors (Lipinski definition) is 5. The van der Waals surface area contributed by atoms with E-state index in [4.69, 9.17) is 4.74 Å². The number of amides is 1. The number of alkyl halides is 3. The largest absolute Gasteiger partial charge is 0.370 e. The Labute approximate surface area is 184 Å². The number of rotatable bonds is 5. The summed E-state index contributed by atoms with van der Waals surface area (Å²) in [5, 5.41) is 10.6. The van der Waals surface area contributed by atoms with Gasteiger partial charge in [0.2, 0.25) is 0 Å². The molecule has 3 unspecified atom stereocenters. The third-order valence-corrected chi connectivity index (χ3v) is 6.43. The zero-order valence-corrected chi connectivity index (χ0v) is 18.1. The summed E-state index contributed by atoms with van der Waals surface area (Å²) in [5.41, 5.74) is 0.457. The SMILES string of the molecule is CN1CCC1(O)c1ccc(-c2ccc(C3OC(C)(C)N(C(=O)C(F)F)C3CF)cc2)cn1. The number of ether oxygens (including phenoxy) is 1. The smallest absolute Gasteiger partial charge is 0.315 e. The fourth-order valence-electron chi connectivity index (χ4n) is 4.49. The van der Waals surface area contributed by atoms with Gasteiger partial charge in [-0.25, -0.2) is 4.39 Å². The Morgan fingerprint density at radius 2 is 1.88 bits per heavy atom.